The zero-order valence-electron chi connectivity index (χ0n) is 15.5. The lowest BCUT2D eigenvalue weighted by Crippen LogP contribution is -2.51. The van der Waals surface area contributed by atoms with E-state index in [-0.39, 0.29) is 12.1 Å². The van der Waals surface area contributed by atoms with Gasteiger partial charge in [0.15, 0.2) is 0 Å². The Hall–Kier alpha value is -1.84. The van der Waals surface area contributed by atoms with Crippen molar-refractivity contribution in [3.8, 4) is 5.75 Å². The minimum atomic E-state index is -0.469. The van der Waals surface area contributed by atoms with Crippen molar-refractivity contribution in [2.75, 3.05) is 7.05 Å². The fraction of sp³-hybridized carbons (Fsp3) is 0.455. The first-order valence-corrected chi connectivity index (χ1v) is 9.21. The molecule has 3 rings (SSSR count). The quantitative estimate of drug-likeness (QED) is 0.890. The lowest BCUT2D eigenvalue weighted by Gasteiger charge is -2.40. The van der Waals surface area contributed by atoms with Crippen LogP contribution in [0.1, 0.15) is 36.0 Å². The summed E-state index contributed by atoms with van der Waals surface area (Å²) in [6.45, 7) is 5.05. The van der Waals surface area contributed by atoms with Crippen LogP contribution in [0, 0.1) is 13.8 Å². The number of rotatable bonds is 5. The van der Waals surface area contributed by atoms with Gasteiger partial charge in [-0.1, -0.05) is 36.4 Å². The van der Waals surface area contributed by atoms with E-state index in [9.17, 15) is 5.11 Å². The van der Waals surface area contributed by atoms with Gasteiger partial charge in [-0.3, -0.25) is 4.90 Å². The Morgan fingerprint density at radius 1 is 1.08 bits per heavy atom. The molecule has 1 N–H and O–H groups in total. The summed E-state index contributed by atoms with van der Waals surface area (Å²) in [4.78, 5) is 2.28. The molecule has 1 fully saturated rings. The number of nitrogens with zero attached hydrogens (tertiary/aromatic N) is 1. The van der Waals surface area contributed by atoms with E-state index < -0.39 is 6.10 Å². The highest BCUT2D eigenvalue weighted by Gasteiger charge is 2.35. The van der Waals surface area contributed by atoms with Crippen molar-refractivity contribution in [1.29, 1.82) is 0 Å². The van der Waals surface area contributed by atoms with E-state index in [2.05, 4.69) is 56.1 Å². The third-order valence-electron chi connectivity index (χ3n) is 5.29. The second-order valence-electron chi connectivity index (χ2n) is 7.30. The zero-order chi connectivity index (χ0) is 17.8. The third kappa shape index (κ3) is 4.42. The number of hydrogen-bond donors (Lipinski definition) is 1. The second kappa shape index (κ2) is 8.03. The second-order valence-corrected chi connectivity index (χ2v) is 7.30. The molecular weight excluding hydrogens is 310 g/mol. The van der Waals surface area contributed by atoms with E-state index in [4.69, 9.17) is 4.74 Å². The maximum atomic E-state index is 10.9. The number of aliphatic hydroxyl groups is 1. The topological polar surface area (TPSA) is 32.7 Å². The largest absolute Gasteiger partial charge is 0.488 e. The van der Waals surface area contributed by atoms with E-state index >= 15 is 0 Å². The van der Waals surface area contributed by atoms with Crippen LogP contribution in [0.15, 0.2) is 48.5 Å². The summed E-state index contributed by atoms with van der Waals surface area (Å²) >= 11 is 0. The van der Waals surface area contributed by atoms with Crippen LogP contribution in [0.2, 0.25) is 0 Å². The molecule has 0 saturated heterocycles. The van der Waals surface area contributed by atoms with Gasteiger partial charge in [0.2, 0.25) is 0 Å². The Balaban J connectivity index is 1.66. The van der Waals surface area contributed by atoms with Crippen molar-refractivity contribution in [2.45, 2.75) is 57.9 Å². The molecule has 1 aliphatic carbocycles. The highest BCUT2D eigenvalue weighted by molar-refractivity contribution is 5.28. The van der Waals surface area contributed by atoms with Gasteiger partial charge in [-0.05, 0) is 69.0 Å². The molecular formula is C22H29NO2. The molecule has 0 aliphatic heterocycles. The summed E-state index contributed by atoms with van der Waals surface area (Å²) in [5, 5.41) is 10.9. The molecule has 1 saturated carbocycles. The van der Waals surface area contributed by atoms with Gasteiger partial charge in [0.1, 0.15) is 18.0 Å². The first-order valence-electron chi connectivity index (χ1n) is 9.21. The molecule has 0 heterocycles. The number of aryl methyl sites for hydroxylation is 2. The lowest BCUT2D eigenvalue weighted by atomic mass is 9.88. The van der Waals surface area contributed by atoms with Gasteiger partial charge in [-0.2, -0.15) is 0 Å². The molecule has 0 radical (unpaired) electrons. The molecule has 0 aromatic heterocycles. The fourth-order valence-corrected chi connectivity index (χ4v) is 3.76. The third-order valence-corrected chi connectivity index (χ3v) is 5.29. The van der Waals surface area contributed by atoms with E-state index in [1.165, 1.54) is 16.7 Å². The van der Waals surface area contributed by atoms with Crippen LogP contribution in [-0.2, 0) is 6.54 Å². The average Bonchev–Trinajstić information content (AvgIpc) is 2.59. The number of aliphatic hydroxyl groups excluding tert-OH is 1. The minimum Gasteiger partial charge on any atom is -0.488 e. The Morgan fingerprint density at radius 2 is 1.88 bits per heavy atom. The zero-order valence-corrected chi connectivity index (χ0v) is 15.5. The van der Waals surface area contributed by atoms with E-state index in [0.717, 1.165) is 31.6 Å². The first-order chi connectivity index (χ1) is 12.0. The number of hydrogen-bond acceptors (Lipinski definition) is 3. The van der Waals surface area contributed by atoms with Crippen molar-refractivity contribution in [3.05, 3.63) is 65.2 Å². The first kappa shape index (κ1) is 18.0. The summed E-state index contributed by atoms with van der Waals surface area (Å²) < 4.78 is 6.13. The van der Waals surface area contributed by atoms with Crippen molar-refractivity contribution in [2.24, 2.45) is 0 Å². The Labute approximate surface area is 151 Å². The van der Waals surface area contributed by atoms with Crippen molar-refractivity contribution >= 4 is 0 Å². The molecule has 25 heavy (non-hydrogen) atoms. The standard InChI is InChI=1S/C22H29NO2/c1-16-8-6-11-19(14-16)25-21-13-7-12-20(22(21)24)23(3)15-18-10-5-4-9-17(18)2/h4-6,8-11,14,20-22,24H,7,12-13,15H2,1-3H3/t20-,21+,22+/m0/s1. The molecule has 2 aromatic carbocycles. The van der Waals surface area contributed by atoms with Crippen LogP contribution in [0.5, 0.6) is 5.75 Å². The van der Waals surface area contributed by atoms with Crippen LogP contribution in [-0.4, -0.2) is 35.3 Å². The predicted octanol–water partition coefficient (Wildman–Crippen LogP) is 4.10. The van der Waals surface area contributed by atoms with Crippen LogP contribution in [0.3, 0.4) is 0 Å². The van der Waals surface area contributed by atoms with Crippen LogP contribution in [0.4, 0.5) is 0 Å². The Kier molecular flexibility index (Phi) is 5.77. The van der Waals surface area contributed by atoms with E-state index in [1.807, 2.05) is 18.2 Å². The SMILES string of the molecule is Cc1cccc(O[C@@H]2CCC[C@H](N(C)Cc3ccccc3C)[C@H]2O)c1. The van der Waals surface area contributed by atoms with Crippen molar-refractivity contribution in [3.63, 3.8) is 0 Å². The molecule has 0 amide bonds. The van der Waals surface area contributed by atoms with E-state index in [1.54, 1.807) is 0 Å². The van der Waals surface area contributed by atoms with Gasteiger partial charge in [0.05, 0.1) is 0 Å². The fourth-order valence-electron chi connectivity index (χ4n) is 3.76. The Bertz CT molecular complexity index is 700. The van der Waals surface area contributed by atoms with Crippen molar-refractivity contribution < 1.29 is 9.84 Å². The van der Waals surface area contributed by atoms with Crippen LogP contribution < -0.4 is 4.74 Å². The highest BCUT2D eigenvalue weighted by Crippen LogP contribution is 2.28. The van der Waals surface area contributed by atoms with Gasteiger partial charge in [0.25, 0.3) is 0 Å². The summed E-state index contributed by atoms with van der Waals surface area (Å²) in [5.74, 6) is 0.853. The number of ether oxygens (including phenoxy) is 1. The lowest BCUT2D eigenvalue weighted by molar-refractivity contribution is -0.0492. The molecule has 3 nitrogen and oxygen atoms in total. The predicted molar refractivity (Wildman–Crippen MR) is 102 cm³/mol. The summed E-state index contributed by atoms with van der Waals surface area (Å²) in [6, 6.07) is 16.7. The minimum absolute atomic E-state index is 0.128. The maximum Gasteiger partial charge on any atom is 0.126 e. The highest BCUT2D eigenvalue weighted by atomic mass is 16.5. The molecule has 134 valence electrons. The molecule has 2 aromatic rings. The maximum absolute atomic E-state index is 10.9. The molecule has 0 spiro atoms. The van der Waals surface area contributed by atoms with Gasteiger partial charge in [-0.15, -0.1) is 0 Å². The van der Waals surface area contributed by atoms with Crippen LogP contribution in [0.25, 0.3) is 0 Å². The van der Waals surface area contributed by atoms with Crippen molar-refractivity contribution in [1.82, 2.24) is 4.90 Å². The van der Waals surface area contributed by atoms with Gasteiger partial charge >= 0.3 is 0 Å². The Morgan fingerprint density at radius 3 is 2.64 bits per heavy atom. The van der Waals surface area contributed by atoms with E-state index in [0.29, 0.717) is 0 Å². The van der Waals surface area contributed by atoms with Gasteiger partial charge in [-0.25, -0.2) is 0 Å². The monoisotopic (exact) mass is 339 g/mol. The smallest absolute Gasteiger partial charge is 0.126 e. The molecule has 0 unspecified atom stereocenters. The summed E-state index contributed by atoms with van der Waals surface area (Å²) in [5.41, 5.74) is 3.79. The number of benzene rings is 2. The summed E-state index contributed by atoms with van der Waals surface area (Å²) in [7, 11) is 2.11. The molecule has 1 aliphatic rings. The normalized spacial score (nSPS) is 23.6. The summed E-state index contributed by atoms with van der Waals surface area (Å²) in [6.07, 6.45) is 2.39. The van der Waals surface area contributed by atoms with Crippen LogP contribution >= 0.6 is 0 Å². The van der Waals surface area contributed by atoms with Gasteiger partial charge in [0, 0.05) is 12.6 Å². The molecule has 3 heteroatoms. The molecule has 3 atom stereocenters. The number of likely N-dealkylation sites (N-methyl/N-ethyl adjacent to an activating group) is 1. The molecule has 0 bridgehead atoms. The van der Waals surface area contributed by atoms with Gasteiger partial charge < -0.3 is 9.84 Å². The average molecular weight is 339 g/mol.